The third kappa shape index (κ3) is 3.89. The number of anilines is 1. The zero-order valence-corrected chi connectivity index (χ0v) is 18.1. The Kier molecular flexibility index (Phi) is 5.60. The molecule has 0 saturated carbocycles. The van der Waals surface area contributed by atoms with Gasteiger partial charge in [0.2, 0.25) is 17.7 Å². The van der Waals surface area contributed by atoms with E-state index in [1.54, 1.807) is 0 Å². The minimum Gasteiger partial charge on any atom is -0.300 e. The summed E-state index contributed by atoms with van der Waals surface area (Å²) in [4.78, 5) is 46.3. The molecule has 1 fully saturated rings. The molecule has 7 heteroatoms. The summed E-state index contributed by atoms with van der Waals surface area (Å²) in [5.74, 6) is -0.511. The van der Waals surface area contributed by atoms with Crippen LogP contribution in [0.15, 0.2) is 12.2 Å². The molecule has 2 aliphatic carbocycles. The van der Waals surface area contributed by atoms with Crippen molar-refractivity contribution in [3.8, 4) is 0 Å². The van der Waals surface area contributed by atoms with Crippen molar-refractivity contribution in [3.63, 3.8) is 0 Å². The van der Waals surface area contributed by atoms with Crippen LogP contribution < -0.4 is 5.32 Å². The summed E-state index contributed by atoms with van der Waals surface area (Å²) in [7, 11) is 0. The predicted octanol–water partition coefficient (Wildman–Crippen LogP) is 3.57. The van der Waals surface area contributed by atoms with Crippen molar-refractivity contribution in [2.24, 2.45) is 23.7 Å². The van der Waals surface area contributed by atoms with E-state index in [0.29, 0.717) is 30.3 Å². The van der Waals surface area contributed by atoms with Crippen LogP contribution in [0.3, 0.4) is 0 Å². The topological polar surface area (TPSA) is 79.4 Å². The highest BCUT2D eigenvalue weighted by atomic mass is 32.1. The van der Waals surface area contributed by atoms with Crippen LogP contribution in [0.1, 0.15) is 57.0 Å². The second-order valence-electron chi connectivity index (χ2n) is 9.07. The molecule has 1 N–H and O–H groups in total. The molecule has 0 radical (unpaired) electrons. The Morgan fingerprint density at radius 3 is 2.52 bits per heavy atom. The molecule has 4 rings (SSSR count). The van der Waals surface area contributed by atoms with Gasteiger partial charge in [-0.2, -0.15) is 0 Å². The number of aryl methyl sites for hydroxylation is 1. The molecule has 29 heavy (non-hydrogen) atoms. The van der Waals surface area contributed by atoms with Gasteiger partial charge in [0.05, 0.1) is 17.5 Å². The van der Waals surface area contributed by atoms with Crippen LogP contribution >= 0.6 is 11.3 Å². The van der Waals surface area contributed by atoms with Gasteiger partial charge in [-0.15, -0.1) is 11.3 Å². The first-order chi connectivity index (χ1) is 13.8. The van der Waals surface area contributed by atoms with Gasteiger partial charge in [-0.1, -0.05) is 32.9 Å². The molecule has 1 saturated heterocycles. The first-order valence-electron chi connectivity index (χ1n) is 10.7. The van der Waals surface area contributed by atoms with Gasteiger partial charge >= 0.3 is 0 Å². The summed E-state index contributed by atoms with van der Waals surface area (Å²) in [6.07, 6.45) is 8.61. The molecule has 2 heterocycles. The highest BCUT2D eigenvalue weighted by molar-refractivity contribution is 7.15. The van der Waals surface area contributed by atoms with Crippen molar-refractivity contribution in [1.29, 1.82) is 0 Å². The van der Waals surface area contributed by atoms with Gasteiger partial charge in [0.25, 0.3) is 0 Å². The van der Waals surface area contributed by atoms with Crippen LogP contribution in [-0.2, 0) is 27.2 Å². The number of thiazole rings is 1. The first-order valence-corrected chi connectivity index (χ1v) is 11.5. The van der Waals surface area contributed by atoms with Crippen LogP contribution in [-0.4, -0.2) is 33.6 Å². The van der Waals surface area contributed by atoms with E-state index in [0.717, 1.165) is 25.0 Å². The molecule has 3 amide bonds. The molecule has 6 nitrogen and oxygen atoms in total. The number of rotatable bonds is 5. The lowest BCUT2D eigenvalue weighted by molar-refractivity contribution is -0.147. The van der Waals surface area contributed by atoms with Crippen LogP contribution in [0.25, 0.3) is 0 Å². The van der Waals surface area contributed by atoms with E-state index in [-0.39, 0.29) is 35.5 Å². The Morgan fingerprint density at radius 2 is 1.90 bits per heavy atom. The fourth-order valence-electron chi connectivity index (χ4n) is 4.69. The third-order valence-corrected chi connectivity index (χ3v) is 7.30. The maximum atomic E-state index is 13.2. The lowest BCUT2D eigenvalue weighted by atomic mass is 9.85. The molecule has 1 aliphatic heterocycles. The van der Waals surface area contributed by atoms with E-state index in [2.05, 4.69) is 17.2 Å². The van der Waals surface area contributed by atoms with E-state index < -0.39 is 6.04 Å². The Morgan fingerprint density at radius 1 is 1.24 bits per heavy atom. The first kappa shape index (κ1) is 20.3. The SMILES string of the molecule is CC(C)CC(C(=O)Nc1nc2c(s1)CC(C)CC2)N1C(=O)C2CC=CCC2C1=O. The summed E-state index contributed by atoms with van der Waals surface area (Å²) in [6, 6.07) is -0.777. The summed E-state index contributed by atoms with van der Waals surface area (Å²) in [5, 5.41) is 3.51. The Bertz CT molecular complexity index is 833. The highest BCUT2D eigenvalue weighted by Crippen LogP contribution is 2.38. The average molecular weight is 416 g/mol. The monoisotopic (exact) mass is 415 g/mol. The summed E-state index contributed by atoms with van der Waals surface area (Å²) >= 11 is 1.53. The second-order valence-corrected chi connectivity index (χ2v) is 10.2. The molecule has 0 bridgehead atoms. The van der Waals surface area contributed by atoms with Crippen LogP contribution in [0.4, 0.5) is 5.13 Å². The average Bonchev–Trinajstić information content (AvgIpc) is 3.18. The number of hydrogen-bond acceptors (Lipinski definition) is 5. The number of imide groups is 1. The number of carbonyl (C=O) groups is 3. The largest absolute Gasteiger partial charge is 0.300 e. The van der Waals surface area contributed by atoms with Crippen molar-refractivity contribution < 1.29 is 14.4 Å². The third-order valence-electron chi connectivity index (χ3n) is 6.27. The number of nitrogens with zero attached hydrogens (tertiary/aromatic N) is 2. The second kappa shape index (κ2) is 8.01. The number of aromatic nitrogens is 1. The number of likely N-dealkylation sites (tertiary alicyclic amines) is 1. The minimum absolute atomic E-state index is 0.178. The van der Waals surface area contributed by atoms with Gasteiger partial charge in [-0.25, -0.2) is 4.98 Å². The molecule has 156 valence electrons. The van der Waals surface area contributed by atoms with Crippen molar-refractivity contribution in [1.82, 2.24) is 9.88 Å². The zero-order chi connectivity index (χ0) is 20.7. The number of allylic oxidation sites excluding steroid dienone is 2. The standard InChI is InChI=1S/C22H29N3O3S/c1-12(2)10-17(25-20(27)14-6-4-5-7-15(14)21(25)28)19(26)24-22-23-16-9-8-13(3)11-18(16)29-22/h4-5,12-15,17H,6-11H2,1-3H3,(H,23,24,26). The summed E-state index contributed by atoms with van der Waals surface area (Å²) < 4.78 is 0. The summed E-state index contributed by atoms with van der Waals surface area (Å²) in [6.45, 7) is 6.24. The Labute approximate surface area is 175 Å². The predicted molar refractivity (Wildman–Crippen MR) is 112 cm³/mol. The molecule has 1 aromatic heterocycles. The number of carbonyl (C=O) groups excluding carboxylic acids is 3. The molecule has 1 aromatic rings. The van der Waals surface area contributed by atoms with E-state index in [4.69, 9.17) is 0 Å². The van der Waals surface area contributed by atoms with Gasteiger partial charge in [0, 0.05) is 4.88 Å². The van der Waals surface area contributed by atoms with Crippen molar-refractivity contribution in [2.45, 2.75) is 65.3 Å². The number of amides is 3. The molecule has 4 atom stereocenters. The van der Waals surface area contributed by atoms with Crippen LogP contribution in [0.5, 0.6) is 0 Å². The zero-order valence-electron chi connectivity index (χ0n) is 17.3. The normalized spacial score (nSPS) is 27.2. The maximum absolute atomic E-state index is 13.2. The molecular weight excluding hydrogens is 386 g/mol. The van der Waals surface area contributed by atoms with Gasteiger partial charge in [-0.3, -0.25) is 19.3 Å². The van der Waals surface area contributed by atoms with Crippen molar-refractivity contribution in [2.75, 3.05) is 5.32 Å². The lowest BCUT2D eigenvalue weighted by Crippen LogP contribution is -2.48. The maximum Gasteiger partial charge on any atom is 0.249 e. The van der Waals surface area contributed by atoms with Gasteiger partial charge in [0.1, 0.15) is 6.04 Å². The van der Waals surface area contributed by atoms with E-state index in [1.165, 1.54) is 21.1 Å². The fourth-order valence-corrected chi connectivity index (χ4v) is 5.87. The van der Waals surface area contributed by atoms with Crippen LogP contribution in [0.2, 0.25) is 0 Å². The quantitative estimate of drug-likeness (QED) is 0.589. The van der Waals surface area contributed by atoms with Gasteiger partial charge in [0.15, 0.2) is 5.13 Å². The molecule has 0 spiro atoms. The van der Waals surface area contributed by atoms with Crippen molar-refractivity contribution >= 4 is 34.2 Å². The van der Waals surface area contributed by atoms with E-state index >= 15 is 0 Å². The number of fused-ring (bicyclic) bond motifs is 2. The molecular formula is C22H29N3O3S. The van der Waals surface area contributed by atoms with Gasteiger partial charge < -0.3 is 5.32 Å². The minimum atomic E-state index is -0.777. The lowest BCUT2D eigenvalue weighted by Gasteiger charge is -2.27. The smallest absolute Gasteiger partial charge is 0.249 e. The molecule has 4 unspecified atom stereocenters. The fraction of sp³-hybridized carbons (Fsp3) is 0.636. The van der Waals surface area contributed by atoms with Gasteiger partial charge in [-0.05, 0) is 50.4 Å². The Hall–Kier alpha value is -2.02. The van der Waals surface area contributed by atoms with Crippen molar-refractivity contribution in [3.05, 3.63) is 22.7 Å². The van der Waals surface area contributed by atoms with E-state index in [9.17, 15) is 14.4 Å². The highest BCUT2D eigenvalue weighted by Gasteiger charge is 2.51. The number of hydrogen-bond donors (Lipinski definition) is 1. The number of nitrogens with one attached hydrogen (secondary N) is 1. The molecule has 3 aliphatic rings. The van der Waals surface area contributed by atoms with Crippen LogP contribution in [0, 0.1) is 23.7 Å². The molecule has 0 aromatic carbocycles. The summed E-state index contributed by atoms with van der Waals surface area (Å²) in [5.41, 5.74) is 1.08. The Balaban J connectivity index is 1.55. The van der Waals surface area contributed by atoms with E-state index in [1.807, 2.05) is 26.0 Å².